The number of hydrogen-bond acceptors (Lipinski definition) is 4. The normalized spacial score (nSPS) is 16.2. The van der Waals surface area contributed by atoms with Crippen molar-refractivity contribution in [3.63, 3.8) is 0 Å². The summed E-state index contributed by atoms with van der Waals surface area (Å²) in [5.74, 6) is -0.322. The Kier molecular flexibility index (Phi) is 9.95. The molecule has 158 valence electrons. The number of benzene rings is 2. The molecule has 2 aromatic carbocycles. The molecule has 1 heterocycles. The highest BCUT2D eigenvalue weighted by atomic mass is 35.5. The molecule has 6 nitrogen and oxygen atoms in total. The Morgan fingerprint density at radius 1 is 1.00 bits per heavy atom. The summed E-state index contributed by atoms with van der Waals surface area (Å²) < 4.78 is 0. The zero-order valence-corrected chi connectivity index (χ0v) is 17.8. The van der Waals surface area contributed by atoms with Gasteiger partial charge in [-0.05, 0) is 54.8 Å². The third-order valence-corrected chi connectivity index (χ3v) is 4.90. The van der Waals surface area contributed by atoms with Gasteiger partial charge in [0.05, 0.1) is 12.3 Å². The Morgan fingerprint density at radius 3 is 2.24 bits per heavy atom. The lowest BCUT2D eigenvalue weighted by molar-refractivity contribution is -0.123. The van der Waals surface area contributed by atoms with E-state index in [0.29, 0.717) is 12.1 Å². The summed E-state index contributed by atoms with van der Waals surface area (Å²) in [6, 6.07) is 15.1. The highest BCUT2D eigenvalue weighted by Gasteiger charge is 2.23. The molecule has 5 N–H and O–H groups in total. The minimum atomic E-state index is -0.209. The summed E-state index contributed by atoms with van der Waals surface area (Å²) in [7, 11) is 0. The predicted molar refractivity (Wildman–Crippen MR) is 121 cm³/mol. The van der Waals surface area contributed by atoms with Crippen LogP contribution in [0.2, 0.25) is 0 Å². The third kappa shape index (κ3) is 7.57. The number of nitrogens with one attached hydrogen (secondary N) is 1. The van der Waals surface area contributed by atoms with Gasteiger partial charge in [-0.3, -0.25) is 14.5 Å². The highest BCUT2D eigenvalue weighted by Crippen LogP contribution is 2.19. The van der Waals surface area contributed by atoms with Gasteiger partial charge in [0, 0.05) is 24.5 Å². The van der Waals surface area contributed by atoms with Crippen LogP contribution in [0.1, 0.15) is 24.0 Å². The van der Waals surface area contributed by atoms with Crippen molar-refractivity contribution in [3.8, 4) is 0 Å². The van der Waals surface area contributed by atoms with Gasteiger partial charge < -0.3 is 16.8 Å². The van der Waals surface area contributed by atoms with Crippen LogP contribution in [0.3, 0.4) is 0 Å². The standard InChI is InChI=1S/C21H26N4O2.2ClH/c22-18-7-3-15(4-8-18)12-20(26)24-19-9-5-16(6-10-19)13-25-11-1-2-17(14-25)21(23)27;;/h3-10,17H,1-2,11-14,22H2,(H2,23,27)(H,24,26);2*1H. The van der Waals surface area contributed by atoms with Crippen molar-refractivity contribution in [1.82, 2.24) is 4.90 Å². The van der Waals surface area contributed by atoms with Gasteiger partial charge in [0.15, 0.2) is 0 Å². The number of amides is 2. The molecule has 0 bridgehead atoms. The number of hydrogen-bond donors (Lipinski definition) is 3. The Bertz CT molecular complexity index is 797. The highest BCUT2D eigenvalue weighted by molar-refractivity contribution is 5.92. The minimum Gasteiger partial charge on any atom is -0.399 e. The summed E-state index contributed by atoms with van der Waals surface area (Å²) in [5, 5.41) is 2.91. The second kappa shape index (κ2) is 11.7. The van der Waals surface area contributed by atoms with Crippen molar-refractivity contribution < 1.29 is 9.59 Å². The van der Waals surface area contributed by atoms with Crippen LogP contribution in [0.5, 0.6) is 0 Å². The van der Waals surface area contributed by atoms with Crippen LogP contribution in [-0.4, -0.2) is 29.8 Å². The maximum absolute atomic E-state index is 12.2. The van der Waals surface area contributed by atoms with Crippen molar-refractivity contribution in [2.24, 2.45) is 11.7 Å². The van der Waals surface area contributed by atoms with Gasteiger partial charge in [0.25, 0.3) is 0 Å². The van der Waals surface area contributed by atoms with E-state index >= 15 is 0 Å². The van der Waals surface area contributed by atoms with E-state index in [4.69, 9.17) is 11.5 Å². The van der Waals surface area contributed by atoms with Crippen LogP contribution in [-0.2, 0) is 22.6 Å². The predicted octanol–water partition coefficient (Wildman–Crippen LogP) is 2.99. The number of halogens is 2. The number of nitrogens with zero attached hydrogens (tertiary/aromatic N) is 1. The van der Waals surface area contributed by atoms with Gasteiger partial charge >= 0.3 is 0 Å². The van der Waals surface area contributed by atoms with Gasteiger partial charge in [-0.15, -0.1) is 24.8 Å². The third-order valence-electron chi connectivity index (χ3n) is 4.90. The van der Waals surface area contributed by atoms with Crippen molar-refractivity contribution in [2.45, 2.75) is 25.8 Å². The van der Waals surface area contributed by atoms with E-state index in [1.165, 1.54) is 0 Å². The fourth-order valence-electron chi connectivity index (χ4n) is 3.41. The van der Waals surface area contributed by atoms with Gasteiger partial charge in [0.2, 0.25) is 11.8 Å². The van der Waals surface area contributed by atoms with Gasteiger partial charge in [0.1, 0.15) is 0 Å². The first-order valence-electron chi connectivity index (χ1n) is 9.24. The van der Waals surface area contributed by atoms with E-state index in [1.807, 2.05) is 36.4 Å². The molecular formula is C21H28Cl2N4O2. The number of carbonyl (C=O) groups is 2. The van der Waals surface area contributed by atoms with Crippen LogP contribution in [0.15, 0.2) is 48.5 Å². The van der Waals surface area contributed by atoms with E-state index in [-0.39, 0.29) is 42.5 Å². The number of primary amides is 1. The van der Waals surface area contributed by atoms with E-state index in [2.05, 4.69) is 10.2 Å². The molecule has 0 spiro atoms. The first kappa shape index (κ1) is 24.8. The SMILES string of the molecule is Cl.Cl.NC(=O)C1CCCN(Cc2ccc(NC(=O)Cc3ccc(N)cc3)cc2)C1. The molecule has 29 heavy (non-hydrogen) atoms. The summed E-state index contributed by atoms with van der Waals surface area (Å²) in [4.78, 5) is 25.8. The summed E-state index contributed by atoms with van der Waals surface area (Å²) >= 11 is 0. The molecule has 1 fully saturated rings. The summed E-state index contributed by atoms with van der Waals surface area (Å²) in [6.07, 6.45) is 2.18. The van der Waals surface area contributed by atoms with Gasteiger partial charge in [-0.25, -0.2) is 0 Å². The lowest BCUT2D eigenvalue weighted by Crippen LogP contribution is -2.40. The summed E-state index contributed by atoms with van der Waals surface area (Å²) in [6.45, 7) is 2.47. The molecule has 0 radical (unpaired) electrons. The molecule has 1 atom stereocenters. The molecule has 0 aromatic heterocycles. The number of likely N-dealkylation sites (tertiary alicyclic amines) is 1. The Hall–Kier alpha value is -2.28. The first-order chi connectivity index (χ1) is 13.0. The van der Waals surface area contributed by atoms with Crippen molar-refractivity contribution in [2.75, 3.05) is 24.1 Å². The second-order valence-corrected chi connectivity index (χ2v) is 7.14. The monoisotopic (exact) mass is 438 g/mol. The van der Waals surface area contributed by atoms with Gasteiger partial charge in [-0.1, -0.05) is 24.3 Å². The fourth-order valence-corrected chi connectivity index (χ4v) is 3.41. The quantitative estimate of drug-likeness (QED) is 0.603. The Balaban J connectivity index is 0.00000210. The Labute approximate surface area is 183 Å². The number of nitrogen functional groups attached to an aromatic ring is 1. The zero-order valence-electron chi connectivity index (χ0n) is 16.2. The fraction of sp³-hybridized carbons (Fsp3) is 0.333. The molecule has 2 aromatic rings. The van der Waals surface area contributed by atoms with E-state index in [0.717, 1.165) is 49.3 Å². The van der Waals surface area contributed by atoms with Crippen LogP contribution in [0.4, 0.5) is 11.4 Å². The zero-order chi connectivity index (χ0) is 19.2. The molecular weight excluding hydrogens is 411 g/mol. The topological polar surface area (TPSA) is 101 Å². The average Bonchev–Trinajstić information content (AvgIpc) is 2.65. The smallest absolute Gasteiger partial charge is 0.228 e. The second-order valence-electron chi connectivity index (χ2n) is 7.14. The van der Waals surface area contributed by atoms with Crippen LogP contribution in [0.25, 0.3) is 0 Å². The number of carbonyl (C=O) groups excluding carboxylic acids is 2. The van der Waals surface area contributed by atoms with Crippen LogP contribution >= 0.6 is 24.8 Å². The molecule has 1 saturated heterocycles. The lowest BCUT2D eigenvalue weighted by atomic mass is 9.97. The average molecular weight is 439 g/mol. The molecule has 1 aliphatic heterocycles. The van der Waals surface area contributed by atoms with Crippen LogP contribution < -0.4 is 16.8 Å². The maximum atomic E-state index is 12.2. The first-order valence-corrected chi connectivity index (χ1v) is 9.24. The largest absolute Gasteiger partial charge is 0.399 e. The number of anilines is 2. The van der Waals surface area contributed by atoms with Crippen molar-refractivity contribution >= 4 is 48.0 Å². The molecule has 0 saturated carbocycles. The lowest BCUT2D eigenvalue weighted by Gasteiger charge is -2.31. The molecule has 8 heteroatoms. The van der Waals surface area contributed by atoms with E-state index in [1.54, 1.807) is 12.1 Å². The van der Waals surface area contributed by atoms with Crippen molar-refractivity contribution in [3.05, 3.63) is 59.7 Å². The molecule has 3 rings (SSSR count). The Morgan fingerprint density at radius 2 is 1.62 bits per heavy atom. The van der Waals surface area contributed by atoms with E-state index in [9.17, 15) is 9.59 Å². The molecule has 1 unspecified atom stereocenters. The number of rotatable bonds is 6. The van der Waals surface area contributed by atoms with E-state index < -0.39 is 0 Å². The maximum Gasteiger partial charge on any atom is 0.228 e. The summed E-state index contributed by atoms with van der Waals surface area (Å²) in [5.41, 5.74) is 14.6. The van der Waals surface area contributed by atoms with Gasteiger partial charge in [-0.2, -0.15) is 0 Å². The molecule has 2 amide bonds. The van der Waals surface area contributed by atoms with Crippen molar-refractivity contribution in [1.29, 1.82) is 0 Å². The minimum absolute atomic E-state index is 0. The number of piperidine rings is 1. The molecule has 0 aliphatic carbocycles. The molecule has 1 aliphatic rings. The van der Waals surface area contributed by atoms with Crippen LogP contribution in [0, 0.1) is 5.92 Å². The number of nitrogens with two attached hydrogens (primary N) is 2.